The van der Waals surface area contributed by atoms with Gasteiger partial charge in [0.25, 0.3) is 0 Å². The van der Waals surface area contributed by atoms with Gasteiger partial charge in [-0.1, -0.05) is 11.6 Å². The molecule has 18 heavy (non-hydrogen) atoms. The summed E-state index contributed by atoms with van der Waals surface area (Å²) in [6, 6.07) is 3.76. The zero-order valence-electron chi connectivity index (χ0n) is 9.72. The molecule has 0 unspecified atom stereocenters. The van der Waals surface area contributed by atoms with Gasteiger partial charge in [0.2, 0.25) is 11.1 Å². The fraction of sp³-hybridized carbons (Fsp3) is 0.200. The molecule has 6 nitrogen and oxygen atoms in total. The summed E-state index contributed by atoms with van der Waals surface area (Å²) in [5.41, 5.74) is 0. The van der Waals surface area contributed by atoms with E-state index in [2.05, 4.69) is 25.3 Å². The van der Waals surface area contributed by atoms with Gasteiger partial charge in [0, 0.05) is 13.2 Å². The van der Waals surface area contributed by atoms with Crippen LogP contribution in [0.3, 0.4) is 0 Å². The van der Waals surface area contributed by atoms with Crippen LogP contribution >= 0.6 is 23.4 Å². The third-order valence-electron chi connectivity index (χ3n) is 1.91. The fourth-order valence-electron chi connectivity index (χ4n) is 1.12. The molecule has 0 aliphatic heterocycles. The standard InChI is InChI=1S/C10H10ClN5OS/c1-12-8-14-9(17-2)16-10(15-8)18-7-6(11)4-3-5-13-7/h3-5H,1-2H3,(H,12,14,15,16). The third kappa shape index (κ3) is 2.99. The van der Waals surface area contributed by atoms with Crippen LogP contribution < -0.4 is 10.1 Å². The maximum absolute atomic E-state index is 6.02. The molecule has 0 amide bonds. The molecule has 0 spiro atoms. The zero-order valence-corrected chi connectivity index (χ0v) is 11.3. The number of rotatable bonds is 4. The van der Waals surface area contributed by atoms with Crippen LogP contribution in [0.5, 0.6) is 6.01 Å². The largest absolute Gasteiger partial charge is 0.467 e. The van der Waals surface area contributed by atoms with Gasteiger partial charge in [-0.05, 0) is 23.9 Å². The van der Waals surface area contributed by atoms with Crippen molar-refractivity contribution in [3.8, 4) is 6.01 Å². The molecule has 1 N–H and O–H groups in total. The Kier molecular flexibility index (Phi) is 4.16. The molecule has 2 aromatic rings. The summed E-state index contributed by atoms with van der Waals surface area (Å²) in [7, 11) is 3.22. The van der Waals surface area contributed by atoms with Crippen LogP contribution in [0.1, 0.15) is 0 Å². The molecule has 0 aliphatic rings. The molecular formula is C10H10ClN5OS. The van der Waals surface area contributed by atoms with E-state index in [9.17, 15) is 0 Å². The van der Waals surface area contributed by atoms with Crippen LogP contribution in [0.25, 0.3) is 0 Å². The Bertz CT molecular complexity index is 531. The Morgan fingerprint density at radius 2 is 2.17 bits per heavy atom. The molecule has 0 bridgehead atoms. The first-order chi connectivity index (χ1) is 8.72. The monoisotopic (exact) mass is 283 g/mol. The predicted molar refractivity (Wildman–Crippen MR) is 69.3 cm³/mol. The van der Waals surface area contributed by atoms with Crippen LogP contribution in [-0.4, -0.2) is 34.1 Å². The lowest BCUT2D eigenvalue weighted by atomic mass is 10.5. The number of ether oxygens (including phenoxy) is 1. The molecule has 8 heteroatoms. The van der Waals surface area contributed by atoms with Crippen LogP contribution in [0.2, 0.25) is 5.02 Å². The van der Waals surface area contributed by atoms with Crippen molar-refractivity contribution in [1.29, 1.82) is 0 Å². The fourth-order valence-corrected chi connectivity index (χ4v) is 2.06. The minimum atomic E-state index is 0.240. The first-order valence-electron chi connectivity index (χ1n) is 4.99. The first kappa shape index (κ1) is 12.8. The van der Waals surface area contributed by atoms with Crippen molar-refractivity contribution in [3.05, 3.63) is 23.4 Å². The molecule has 2 heterocycles. The van der Waals surface area contributed by atoms with E-state index in [1.165, 1.54) is 18.9 Å². The molecule has 2 aromatic heterocycles. The molecule has 94 valence electrons. The van der Waals surface area contributed by atoms with Crippen molar-refractivity contribution >= 4 is 29.3 Å². The maximum atomic E-state index is 6.02. The molecular weight excluding hydrogens is 274 g/mol. The van der Waals surface area contributed by atoms with Gasteiger partial charge in [-0.15, -0.1) is 0 Å². The van der Waals surface area contributed by atoms with E-state index in [1.807, 2.05) is 0 Å². The average Bonchev–Trinajstić information content (AvgIpc) is 2.41. The molecule has 0 fully saturated rings. The minimum absolute atomic E-state index is 0.240. The molecule has 0 aromatic carbocycles. The van der Waals surface area contributed by atoms with Crippen LogP contribution in [-0.2, 0) is 0 Å². The predicted octanol–water partition coefficient (Wildman–Crippen LogP) is 2.12. The molecule has 0 saturated carbocycles. The smallest absolute Gasteiger partial charge is 0.321 e. The summed E-state index contributed by atoms with van der Waals surface area (Å²) in [5, 5.41) is 4.48. The second kappa shape index (κ2) is 5.83. The first-order valence-corrected chi connectivity index (χ1v) is 6.18. The Balaban J connectivity index is 2.31. The topological polar surface area (TPSA) is 72.8 Å². The van der Waals surface area contributed by atoms with E-state index >= 15 is 0 Å². The number of methoxy groups -OCH3 is 1. The van der Waals surface area contributed by atoms with E-state index in [0.717, 1.165) is 0 Å². The van der Waals surface area contributed by atoms with E-state index in [1.54, 1.807) is 25.4 Å². The lowest BCUT2D eigenvalue weighted by Crippen LogP contribution is -2.02. The van der Waals surface area contributed by atoms with Crippen LogP contribution in [0.15, 0.2) is 28.5 Å². The number of nitrogens with one attached hydrogen (secondary N) is 1. The molecule has 0 radical (unpaired) electrons. The maximum Gasteiger partial charge on any atom is 0.321 e. The Labute approximate surface area is 113 Å². The van der Waals surface area contributed by atoms with Gasteiger partial charge >= 0.3 is 6.01 Å². The summed E-state index contributed by atoms with van der Waals surface area (Å²) >= 11 is 7.27. The highest BCUT2D eigenvalue weighted by Crippen LogP contribution is 2.29. The van der Waals surface area contributed by atoms with Gasteiger partial charge in [-0.25, -0.2) is 4.98 Å². The van der Waals surface area contributed by atoms with Crippen molar-refractivity contribution in [3.63, 3.8) is 0 Å². The minimum Gasteiger partial charge on any atom is -0.467 e. The van der Waals surface area contributed by atoms with Crippen molar-refractivity contribution in [2.45, 2.75) is 10.2 Å². The highest BCUT2D eigenvalue weighted by molar-refractivity contribution is 7.99. The normalized spacial score (nSPS) is 10.2. The zero-order chi connectivity index (χ0) is 13.0. The Morgan fingerprint density at radius 1 is 1.33 bits per heavy atom. The van der Waals surface area contributed by atoms with E-state index in [0.29, 0.717) is 21.2 Å². The van der Waals surface area contributed by atoms with E-state index in [-0.39, 0.29) is 6.01 Å². The number of hydrogen-bond acceptors (Lipinski definition) is 7. The van der Waals surface area contributed by atoms with Crippen molar-refractivity contribution in [1.82, 2.24) is 19.9 Å². The number of hydrogen-bond donors (Lipinski definition) is 1. The SMILES string of the molecule is CNc1nc(OC)nc(Sc2ncccc2Cl)n1. The number of anilines is 1. The number of halogens is 1. The summed E-state index contributed by atoms with van der Waals surface area (Å²) in [6.45, 7) is 0. The second-order valence-corrected chi connectivity index (χ2v) is 4.43. The summed E-state index contributed by atoms with van der Waals surface area (Å²) in [4.78, 5) is 16.5. The van der Waals surface area contributed by atoms with Crippen molar-refractivity contribution in [2.75, 3.05) is 19.5 Å². The summed E-state index contributed by atoms with van der Waals surface area (Å²) in [6.07, 6.45) is 1.66. The van der Waals surface area contributed by atoms with Gasteiger partial charge in [-0.3, -0.25) is 0 Å². The van der Waals surface area contributed by atoms with Gasteiger partial charge in [0.05, 0.1) is 12.1 Å². The van der Waals surface area contributed by atoms with Crippen molar-refractivity contribution < 1.29 is 4.74 Å². The number of aromatic nitrogens is 4. The van der Waals surface area contributed by atoms with Gasteiger partial charge in [0.15, 0.2) is 0 Å². The van der Waals surface area contributed by atoms with E-state index in [4.69, 9.17) is 16.3 Å². The van der Waals surface area contributed by atoms with Crippen LogP contribution in [0, 0.1) is 0 Å². The number of pyridine rings is 1. The molecule has 0 atom stereocenters. The van der Waals surface area contributed by atoms with Gasteiger partial charge in [-0.2, -0.15) is 15.0 Å². The quantitative estimate of drug-likeness (QED) is 0.921. The van der Waals surface area contributed by atoms with Crippen LogP contribution in [0.4, 0.5) is 5.95 Å². The van der Waals surface area contributed by atoms with Crippen molar-refractivity contribution in [2.24, 2.45) is 0 Å². The summed E-state index contributed by atoms with van der Waals surface area (Å²) < 4.78 is 5.00. The van der Waals surface area contributed by atoms with Gasteiger partial charge < -0.3 is 10.1 Å². The third-order valence-corrected chi connectivity index (χ3v) is 3.21. The molecule has 2 rings (SSSR count). The average molecular weight is 284 g/mol. The molecule has 0 saturated heterocycles. The Hall–Kier alpha value is -1.60. The molecule has 0 aliphatic carbocycles. The highest BCUT2D eigenvalue weighted by Gasteiger charge is 2.10. The Morgan fingerprint density at radius 3 is 2.83 bits per heavy atom. The van der Waals surface area contributed by atoms with Gasteiger partial charge in [0.1, 0.15) is 5.03 Å². The highest BCUT2D eigenvalue weighted by atomic mass is 35.5. The van der Waals surface area contributed by atoms with E-state index < -0.39 is 0 Å². The second-order valence-electron chi connectivity index (χ2n) is 3.07. The lowest BCUT2D eigenvalue weighted by Gasteiger charge is -2.05. The summed E-state index contributed by atoms with van der Waals surface area (Å²) in [5.74, 6) is 0.427. The lowest BCUT2D eigenvalue weighted by molar-refractivity contribution is 0.374. The number of nitrogens with zero attached hydrogens (tertiary/aromatic N) is 4.